The number of benzene rings is 1. The van der Waals surface area contributed by atoms with E-state index in [1.165, 1.54) is 0 Å². The van der Waals surface area contributed by atoms with Crippen molar-refractivity contribution in [2.45, 2.75) is 13.0 Å². The minimum absolute atomic E-state index is 0.105. The molecular weight excluding hydrogens is 354 g/mol. The van der Waals surface area contributed by atoms with Crippen LogP contribution in [0.2, 0.25) is 5.02 Å². The molecule has 1 aromatic carbocycles. The molecule has 4 rings (SSSR count). The molecule has 2 aromatic rings. The number of hydrogen-bond acceptors (Lipinski definition) is 5. The van der Waals surface area contributed by atoms with E-state index in [9.17, 15) is 4.79 Å². The SMILES string of the molecule is CC1CN(C(=O)c2cncc(N3CCOCC3)c2)c2cccc(Cl)c2O1. The number of para-hydroxylation sites is 1. The Labute approximate surface area is 157 Å². The molecule has 0 N–H and O–H groups in total. The van der Waals surface area contributed by atoms with Gasteiger partial charge in [-0.05, 0) is 25.1 Å². The fourth-order valence-electron chi connectivity index (χ4n) is 3.31. The normalized spacial score (nSPS) is 19.7. The van der Waals surface area contributed by atoms with E-state index in [4.69, 9.17) is 21.1 Å². The van der Waals surface area contributed by atoms with E-state index in [0.29, 0.717) is 41.8 Å². The molecule has 1 unspecified atom stereocenters. The van der Waals surface area contributed by atoms with Crippen molar-refractivity contribution in [3.63, 3.8) is 0 Å². The number of nitrogens with zero attached hydrogens (tertiary/aromatic N) is 3. The van der Waals surface area contributed by atoms with Crippen LogP contribution in [0, 0.1) is 0 Å². The summed E-state index contributed by atoms with van der Waals surface area (Å²) in [6.07, 6.45) is 3.26. The van der Waals surface area contributed by atoms with Gasteiger partial charge in [-0.1, -0.05) is 17.7 Å². The predicted octanol–water partition coefficient (Wildman–Crippen LogP) is 3.00. The zero-order valence-electron chi connectivity index (χ0n) is 14.5. The summed E-state index contributed by atoms with van der Waals surface area (Å²) in [5.41, 5.74) is 2.18. The van der Waals surface area contributed by atoms with Gasteiger partial charge < -0.3 is 19.3 Å². The molecule has 1 fully saturated rings. The molecule has 0 spiro atoms. The summed E-state index contributed by atoms with van der Waals surface area (Å²) in [5.74, 6) is 0.449. The van der Waals surface area contributed by atoms with Crippen LogP contribution in [0.4, 0.5) is 11.4 Å². The maximum atomic E-state index is 13.2. The Balaban J connectivity index is 1.65. The molecule has 7 heteroatoms. The van der Waals surface area contributed by atoms with Crippen molar-refractivity contribution in [2.75, 3.05) is 42.6 Å². The molecule has 0 aliphatic carbocycles. The third-order valence-corrected chi connectivity index (χ3v) is 4.89. The lowest BCUT2D eigenvalue weighted by atomic mass is 10.1. The topological polar surface area (TPSA) is 54.9 Å². The van der Waals surface area contributed by atoms with E-state index in [0.717, 1.165) is 18.8 Å². The van der Waals surface area contributed by atoms with Gasteiger partial charge in [-0.25, -0.2) is 0 Å². The van der Waals surface area contributed by atoms with Crippen molar-refractivity contribution in [1.29, 1.82) is 0 Å². The Kier molecular flexibility index (Phi) is 4.70. The van der Waals surface area contributed by atoms with Crippen LogP contribution in [0.3, 0.4) is 0 Å². The second-order valence-electron chi connectivity index (χ2n) is 6.46. The summed E-state index contributed by atoms with van der Waals surface area (Å²) < 4.78 is 11.2. The molecule has 3 heterocycles. The molecule has 1 atom stereocenters. The highest BCUT2D eigenvalue weighted by Crippen LogP contribution is 2.39. The molecule has 2 aliphatic rings. The molecule has 2 aliphatic heterocycles. The first kappa shape index (κ1) is 17.1. The lowest BCUT2D eigenvalue weighted by Gasteiger charge is -2.34. The minimum atomic E-state index is -0.137. The molecule has 1 saturated heterocycles. The van der Waals surface area contributed by atoms with Crippen LogP contribution in [0.25, 0.3) is 0 Å². The van der Waals surface area contributed by atoms with Crippen LogP contribution in [0.5, 0.6) is 5.75 Å². The second kappa shape index (κ2) is 7.13. The molecule has 1 amide bonds. The number of anilines is 2. The molecule has 0 saturated carbocycles. The van der Waals surface area contributed by atoms with E-state index in [-0.39, 0.29) is 12.0 Å². The van der Waals surface area contributed by atoms with E-state index >= 15 is 0 Å². The van der Waals surface area contributed by atoms with Crippen molar-refractivity contribution in [1.82, 2.24) is 4.98 Å². The maximum Gasteiger partial charge on any atom is 0.260 e. The van der Waals surface area contributed by atoms with Gasteiger partial charge in [0.25, 0.3) is 5.91 Å². The van der Waals surface area contributed by atoms with Crippen molar-refractivity contribution in [3.05, 3.63) is 47.2 Å². The first-order valence-electron chi connectivity index (χ1n) is 8.68. The lowest BCUT2D eigenvalue weighted by molar-refractivity contribution is 0.0961. The number of fused-ring (bicyclic) bond motifs is 1. The van der Waals surface area contributed by atoms with Gasteiger partial charge >= 0.3 is 0 Å². The van der Waals surface area contributed by atoms with Gasteiger partial charge in [0.1, 0.15) is 6.10 Å². The average molecular weight is 374 g/mol. The highest BCUT2D eigenvalue weighted by molar-refractivity contribution is 6.32. The molecule has 0 bridgehead atoms. The summed E-state index contributed by atoms with van der Waals surface area (Å²) in [7, 11) is 0. The van der Waals surface area contributed by atoms with Gasteiger partial charge in [0.15, 0.2) is 5.75 Å². The summed E-state index contributed by atoms with van der Waals surface area (Å²) in [4.78, 5) is 21.4. The van der Waals surface area contributed by atoms with Crippen LogP contribution < -0.4 is 14.5 Å². The first-order valence-corrected chi connectivity index (χ1v) is 9.06. The van der Waals surface area contributed by atoms with Gasteiger partial charge in [-0.2, -0.15) is 0 Å². The molecule has 0 radical (unpaired) electrons. The van der Waals surface area contributed by atoms with Gasteiger partial charge in [0.2, 0.25) is 0 Å². The standard InChI is InChI=1S/C19H20ClN3O3/c1-13-12-23(17-4-2-3-16(20)18(17)26-13)19(24)14-9-15(11-21-10-14)22-5-7-25-8-6-22/h2-4,9-11,13H,5-8,12H2,1H3. The number of ether oxygens (including phenoxy) is 2. The third kappa shape index (κ3) is 3.22. The lowest BCUT2D eigenvalue weighted by Crippen LogP contribution is -2.42. The molecule has 6 nitrogen and oxygen atoms in total. The fourth-order valence-corrected chi connectivity index (χ4v) is 3.52. The van der Waals surface area contributed by atoms with Crippen molar-refractivity contribution in [3.8, 4) is 5.75 Å². The Bertz CT molecular complexity index is 823. The maximum absolute atomic E-state index is 13.2. The van der Waals surface area contributed by atoms with Gasteiger partial charge in [-0.15, -0.1) is 0 Å². The average Bonchev–Trinajstić information content (AvgIpc) is 2.68. The molecular formula is C19H20ClN3O3. The number of carbonyl (C=O) groups excluding carboxylic acids is 1. The summed E-state index contributed by atoms with van der Waals surface area (Å²) in [5, 5.41) is 0.507. The molecule has 136 valence electrons. The van der Waals surface area contributed by atoms with E-state index < -0.39 is 0 Å². The number of halogens is 1. The smallest absolute Gasteiger partial charge is 0.260 e. The quantitative estimate of drug-likeness (QED) is 0.810. The molecule has 26 heavy (non-hydrogen) atoms. The Morgan fingerprint density at radius 3 is 2.88 bits per heavy atom. The van der Waals surface area contributed by atoms with Gasteiger partial charge in [-0.3, -0.25) is 9.78 Å². The summed E-state index contributed by atoms with van der Waals surface area (Å²) in [6.45, 7) is 5.36. The zero-order valence-corrected chi connectivity index (χ0v) is 15.3. The Hall–Kier alpha value is -2.31. The summed E-state index contributed by atoms with van der Waals surface area (Å²) in [6, 6.07) is 7.33. The van der Waals surface area contributed by atoms with Crippen molar-refractivity contribution >= 4 is 28.9 Å². The van der Waals surface area contributed by atoms with E-state index in [1.807, 2.05) is 25.1 Å². The number of carbonyl (C=O) groups is 1. The largest absolute Gasteiger partial charge is 0.485 e. The monoisotopic (exact) mass is 373 g/mol. The van der Waals surface area contributed by atoms with Crippen LogP contribution in [-0.2, 0) is 4.74 Å². The predicted molar refractivity (Wildman–Crippen MR) is 100 cm³/mol. The number of aromatic nitrogens is 1. The van der Waals surface area contributed by atoms with E-state index in [2.05, 4.69) is 9.88 Å². The van der Waals surface area contributed by atoms with Gasteiger partial charge in [0.05, 0.1) is 47.9 Å². The fraction of sp³-hybridized carbons (Fsp3) is 0.368. The minimum Gasteiger partial charge on any atom is -0.485 e. The number of morpholine rings is 1. The van der Waals surface area contributed by atoms with Crippen molar-refractivity contribution in [2.24, 2.45) is 0 Å². The Morgan fingerprint density at radius 2 is 2.08 bits per heavy atom. The third-order valence-electron chi connectivity index (χ3n) is 4.59. The van der Waals surface area contributed by atoms with E-state index in [1.54, 1.807) is 23.4 Å². The van der Waals surface area contributed by atoms with Crippen LogP contribution >= 0.6 is 11.6 Å². The Morgan fingerprint density at radius 1 is 1.27 bits per heavy atom. The first-order chi connectivity index (χ1) is 12.6. The van der Waals surface area contributed by atoms with Crippen LogP contribution in [-0.4, -0.2) is 49.8 Å². The number of pyridine rings is 1. The number of amides is 1. The highest BCUT2D eigenvalue weighted by atomic mass is 35.5. The zero-order chi connectivity index (χ0) is 18.1. The van der Waals surface area contributed by atoms with Crippen LogP contribution in [0.1, 0.15) is 17.3 Å². The van der Waals surface area contributed by atoms with Gasteiger partial charge in [0, 0.05) is 19.3 Å². The summed E-state index contributed by atoms with van der Waals surface area (Å²) >= 11 is 6.26. The van der Waals surface area contributed by atoms with Crippen LogP contribution in [0.15, 0.2) is 36.7 Å². The molecule has 1 aromatic heterocycles. The van der Waals surface area contributed by atoms with Crippen molar-refractivity contribution < 1.29 is 14.3 Å². The number of rotatable bonds is 2. The second-order valence-corrected chi connectivity index (χ2v) is 6.87. The highest BCUT2D eigenvalue weighted by Gasteiger charge is 2.30. The number of hydrogen-bond donors (Lipinski definition) is 0.